The van der Waals surface area contributed by atoms with Crippen molar-refractivity contribution in [1.29, 1.82) is 0 Å². The number of rotatable bonds is 7. The smallest absolute Gasteiger partial charge is 0.220 e. The molecule has 1 aromatic carbocycles. The molecule has 0 atom stereocenters. The molecule has 0 aromatic heterocycles. The monoisotopic (exact) mass is 269 g/mol. The van der Waals surface area contributed by atoms with Crippen molar-refractivity contribution in [2.24, 2.45) is 0 Å². The number of thiol groups is 1. The lowest BCUT2D eigenvalue weighted by atomic mass is 10.1. The third kappa shape index (κ3) is 4.49. The molecule has 0 radical (unpaired) electrons. The average molecular weight is 269 g/mol. The van der Waals surface area contributed by atoms with E-state index in [4.69, 9.17) is 9.47 Å². The van der Waals surface area contributed by atoms with Crippen LogP contribution in [0.4, 0.5) is 0 Å². The summed E-state index contributed by atoms with van der Waals surface area (Å²) >= 11 is 4.01. The van der Waals surface area contributed by atoms with Gasteiger partial charge in [-0.05, 0) is 29.9 Å². The van der Waals surface area contributed by atoms with E-state index in [0.29, 0.717) is 30.2 Å². The minimum Gasteiger partial charge on any atom is -0.493 e. The number of methoxy groups -OCH3 is 2. The zero-order valence-electron chi connectivity index (χ0n) is 10.7. The highest BCUT2D eigenvalue weighted by molar-refractivity contribution is 7.80. The predicted octanol–water partition coefficient (Wildman–Crippen LogP) is 1.68. The number of ether oxygens (including phenoxy) is 2. The number of hydrogen-bond donors (Lipinski definition) is 2. The van der Waals surface area contributed by atoms with Crippen molar-refractivity contribution in [1.82, 2.24) is 5.32 Å². The van der Waals surface area contributed by atoms with Gasteiger partial charge in [-0.2, -0.15) is 12.6 Å². The van der Waals surface area contributed by atoms with Crippen molar-refractivity contribution in [3.05, 3.63) is 23.8 Å². The average Bonchev–Trinajstić information content (AvgIpc) is 2.38. The van der Waals surface area contributed by atoms with Crippen molar-refractivity contribution < 1.29 is 14.3 Å². The fraction of sp³-hybridized carbons (Fsp3) is 0.462. The van der Waals surface area contributed by atoms with Crippen molar-refractivity contribution in [3.63, 3.8) is 0 Å². The summed E-state index contributed by atoms with van der Waals surface area (Å²) in [6.45, 7) is 0.613. The van der Waals surface area contributed by atoms with Gasteiger partial charge in [0.05, 0.1) is 14.2 Å². The summed E-state index contributed by atoms with van der Waals surface area (Å²) < 4.78 is 10.4. The third-order valence-electron chi connectivity index (χ3n) is 2.52. The Morgan fingerprint density at radius 1 is 1.28 bits per heavy atom. The van der Waals surface area contributed by atoms with Crippen LogP contribution < -0.4 is 14.8 Å². The molecule has 0 fully saturated rings. The van der Waals surface area contributed by atoms with E-state index in [-0.39, 0.29) is 5.91 Å². The summed E-state index contributed by atoms with van der Waals surface area (Å²) in [5, 5.41) is 2.84. The lowest BCUT2D eigenvalue weighted by Gasteiger charge is -2.10. The van der Waals surface area contributed by atoms with Gasteiger partial charge in [-0.1, -0.05) is 6.07 Å². The molecule has 0 unspecified atom stereocenters. The second kappa shape index (κ2) is 7.87. The number of benzene rings is 1. The lowest BCUT2D eigenvalue weighted by molar-refractivity contribution is -0.120. The number of carbonyl (C=O) groups is 1. The van der Waals surface area contributed by atoms with Crippen molar-refractivity contribution in [3.8, 4) is 11.5 Å². The molecule has 1 amide bonds. The van der Waals surface area contributed by atoms with Crippen LogP contribution in [0.5, 0.6) is 11.5 Å². The highest BCUT2D eigenvalue weighted by Gasteiger charge is 2.05. The Labute approximate surface area is 113 Å². The Kier molecular flexibility index (Phi) is 6.43. The van der Waals surface area contributed by atoms with Gasteiger partial charge in [-0.25, -0.2) is 0 Å². The van der Waals surface area contributed by atoms with Crippen molar-refractivity contribution in [2.45, 2.75) is 12.8 Å². The van der Waals surface area contributed by atoms with Crippen molar-refractivity contribution >= 4 is 18.5 Å². The minimum absolute atomic E-state index is 0.0328. The van der Waals surface area contributed by atoms with Crippen LogP contribution in [-0.2, 0) is 11.2 Å². The van der Waals surface area contributed by atoms with Crippen LogP contribution in [-0.4, -0.2) is 32.4 Å². The van der Waals surface area contributed by atoms with Crippen LogP contribution >= 0.6 is 12.6 Å². The Morgan fingerprint density at radius 3 is 2.61 bits per heavy atom. The van der Waals surface area contributed by atoms with E-state index >= 15 is 0 Å². The van der Waals surface area contributed by atoms with Crippen LogP contribution in [0.3, 0.4) is 0 Å². The van der Waals surface area contributed by atoms with E-state index in [9.17, 15) is 4.79 Å². The molecule has 0 saturated carbocycles. The van der Waals surface area contributed by atoms with Gasteiger partial charge >= 0.3 is 0 Å². The normalized spacial score (nSPS) is 9.94. The fourth-order valence-electron chi connectivity index (χ4n) is 1.57. The Morgan fingerprint density at radius 2 is 2.00 bits per heavy atom. The molecule has 0 bridgehead atoms. The van der Waals surface area contributed by atoms with Crippen LogP contribution in [0.25, 0.3) is 0 Å². The molecule has 0 aliphatic rings. The maximum atomic E-state index is 11.3. The molecular weight excluding hydrogens is 250 g/mol. The lowest BCUT2D eigenvalue weighted by Crippen LogP contribution is -2.25. The molecule has 0 aliphatic carbocycles. The molecule has 1 rings (SSSR count). The Hall–Kier alpha value is -1.36. The molecular formula is C13H19NO3S. The predicted molar refractivity (Wildman–Crippen MR) is 74.7 cm³/mol. The van der Waals surface area contributed by atoms with Gasteiger partial charge < -0.3 is 14.8 Å². The summed E-state index contributed by atoms with van der Waals surface area (Å²) in [4.78, 5) is 11.3. The van der Waals surface area contributed by atoms with E-state index in [1.807, 2.05) is 18.2 Å². The minimum atomic E-state index is 0.0328. The zero-order valence-corrected chi connectivity index (χ0v) is 11.6. The van der Waals surface area contributed by atoms with E-state index < -0.39 is 0 Å². The quantitative estimate of drug-likeness (QED) is 0.740. The van der Waals surface area contributed by atoms with Gasteiger partial charge in [0, 0.05) is 13.0 Å². The van der Waals surface area contributed by atoms with Gasteiger partial charge in [0.15, 0.2) is 11.5 Å². The molecule has 5 heteroatoms. The third-order valence-corrected chi connectivity index (χ3v) is 2.75. The number of nitrogens with one attached hydrogen (secondary N) is 1. The maximum absolute atomic E-state index is 11.3. The standard InChI is InChI=1S/C13H19NO3S/c1-16-11-4-3-10(9-12(11)17-2)5-7-14-13(15)6-8-18/h3-4,9,18H,5-8H2,1-2H3,(H,14,15). The zero-order chi connectivity index (χ0) is 13.4. The SMILES string of the molecule is COc1ccc(CCNC(=O)CCS)cc1OC. The molecule has 1 aromatic rings. The second-order valence-electron chi connectivity index (χ2n) is 3.76. The highest BCUT2D eigenvalue weighted by Crippen LogP contribution is 2.27. The van der Waals surface area contributed by atoms with E-state index in [1.54, 1.807) is 14.2 Å². The first kappa shape index (κ1) is 14.7. The summed E-state index contributed by atoms with van der Waals surface area (Å²) in [5.41, 5.74) is 1.10. The number of amides is 1. The van der Waals surface area contributed by atoms with Crippen molar-refractivity contribution in [2.75, 3.05) is 26.5 Å². The fourth-order valence-corrected chi connectivity index (χ4v) is 1.78. The summed E-state index contributed by atoms with van der Waals surface area (Å²) in [7, 11) is 3.21. The first-order valence-electron chi connectivity index (χ1n) is 5.79. The van der Waals surface area contributed by atoms with E-state index in [1.165, 1.54) is 0 Å². The number of carbonyl (C=O) groups excluding carboxylic acids is 1. The van der Waals surface area contributed by atoms with Gasteiger partial charge in [-0.15, -0.1) is 0 Å². The summed E-state index contributed by atoms with van der Waals surface area (Å²) in [6, 6.07) is 5.75. The first-order valence-corrected chi connectivity index (χ1v) is 6.43. The molecule has 0 saturated heterocycles. The van der Waals surface area contributed by atoms with Gasteiger partial charge in [0.25, 0.3) is 0 Å². The van der Waals surface area contributed by atoms with Gasteiger partial charge in [-0.3, -0.25) is 4.79 Å². The highest BCUT2D eigenvalue weighted by atomic mass is 32.1. The molecule has 100 valence electrons. The molecule has 4 nitrogen and oxygen atoms in total. The second-order valence-corrected chi connectivity index (χ2v) is 4.21. The van der Waals surface area contributed by atoms with Crippen LogP contribution in [0, 0.1) is 0 Å². The molecule has 0 heterocycles. The van der Waals surface area contributed by atoms with Crippen LogP contribution in [0.2, 0.25) is 0 Å². The Bertz CT molecular complexity index is 396. The largest absolute Gasteiger partial charge is 0.493 e. The van der Waals surface area contributed by atoms with E-state index in [2.05, 4.69) is 17.9 Å². The molecule has 1 N–H and O–H groups in total. The molecule has 0 aliphatic heterocycles. The maximum Gasteiger partial charge on any atom is 0.220 e. The molecule has 0 spiro atoms. The topological polar surface area (TPSA) is 47.6 Å². The van der Waals surface area contributed by atoms with E-state index in [0.717, 1.165) is 12.0 Å². The molecule has 18 heavy (non-hydrogen) atoms. The summed E-state index contributed by atoms with van der Waals surface area (Å²) in [5.74, 6) is 2.02. The Balaban J connectivity index is 2.50. The van der Waals surface area contributed by atoms with Gasteiger partial charge in [0.2, 0.25) is 5.91 Å². The summed E-state index contributed by atoms with van der Waals surface area (Å²) in [6.07, 6.45) is 1.22. The van der Waals surface area contributed by atoms with Gasteiger partial charge in [0.1, 0.15) is 0 Å². The van der Waals surface area contributed by atoms with Crippen LogP contribution in [0.15, 0.2) is 18.2 Å². The number of hydrogen-bond acceptors (Lipinski definition) is 4. The first-order chi connectivity index (χ1) is 8.71. The van der Waals surface area contributed by atoms with Crippen LogP contribution in [0.1, 0.15) is 12.0 Å².